The second-order valence-corrected chi connectivity index (χ2v) is 6.07. The molecular formula is C16H20F3N. The molecule has 4 heteroatoms. The van der Waals surface area contributed by atoms with Gasteiger partial charge in [0.25, 0.3) is 0 Å². The lowest BCUT2D eigenvalue weighted by Gasteiger charge is -2.31. The van der Waals surface area contributed by atoms with Gasteiger partial charge in [-0.05, 0) is 61.8 Å². The summed E-state index contributed by atoms with van der Waals surface area (Å²) in [5.74, 6) is -1.14. The summed E-state index contributed by atoms with van der Waals surface area (Å²) in [7, 11) is 0. The predicted molar refractivity (Wildman–Crippen MR) is 72.7 cm³/mol. The minimum Gasteiger partial charge on any atom is -0.314 e. The number of halogens is 3. The summed E-state index contributed by atoms with van der Waals surface area (Å²) in [6.45, 7) is 0.472. The van der Waals surface area contributed by atoms with Crippen molar-refractivity contribution in [1.82, 2.24) is 5.32 Å². The maximum Gasteiger partial charge on any atom is 0.391 e. The highest BCUT2D eigenvalue weighted by Gasteiger charge is 2.42. The topological polar surface area (TPSA) is 12.0 Å². The van der Waals surface area contributed by atoms with Crippen LogP contribution in [0.4, 0.5) is 13.2 Å². The smallest absolute Gasteiger partial charge is 0.314 e. The van der Waals surface area contributed by atoms with E-state index in [0.717, 1.165) is 12.8 Å². The summed E-state index contributed by atoms with van der Waals surface area (Å²) in [5, 5.41) is 3.24. The first-order chi connectivity index (χ1) is 9.52. The van der Waals surface area contributed by atoms with E-state index in [2.05, 4.69) is 23.5 Å². The van der Waals surface area contributed by atoms with Crippen molar-refractivity contribution in [3.8, 4) is 0 Å². The van der Waals surface area contributed by atoms with Crippen LogP contribution in [0.5, 0.6) is 0 Å². The van der Waals surface area contributed by atoms with E-state index in [-0.39, 0.29) is 18.9 Å². The molecule has 1 aromatic rings. The van der Waals surface area contributed by atoms with E-state index in [1.54, 1.807) is 0 Å². The molecule has 2 unspecified atom stereocenters. The third kappa shape index (κ3) is 3.00. The van der Waals surface area contributed by atoms with Gasteiger partial charge in [-0.3, -0.25) is 0 Å². The summed E-state index contributed by atoms with van der Waals surface area (Å²) in [6, 6.07) is 6.39. The summed E-state index contributed by atoms with van der Waals surface area (Å²) in [5.41, 5.74) is 3.98. The SMILES string of the molecule is FC(F)(F)C1CCNC(Cc2ccc3c(c2)CCC3)C1. The van der Waals surface area contributed by atoms with Crippen LogP contribution in [0.2, 0.25) is 0 Å². The Balaban J connectivity index is 1.65. The second kappa shape index (κ2) is 5.40. The van der Waals surface area contributed by atoms with Gasteiger partial charge >= 0.3 is 6.18 Å². The maximum atomic E-state index is 12.8. The Labute approximate surface area is 117 Å². The third-order valence-corrected chi connectivity index (χ3v) is 4.60. The first-order valence-corrected chi connectivity index (χ1v) is 7.43. The monoisotopic (exact) mass is 283 g/mol. The molecule has 2 atom stereocenters. The molecule has 1 saturated heterocycles. The van der Waals surface area contributed by atoms with Gasteiger partial charge in [-0.25, -0.2) is 0 Å². The molecule has 1 aliphatic heterocycles. The molecule has 1 aliphatic carbocycles. The van der Waals surface area contributed by atoms with Gasteiger partial charge in [0.05, 0.1) is 5.92 Å². The van der Waals surface area contributed by atoms with E-state index in [9.17, 15) is 13.2 Å². The van der Waals surface area contributed by atoms with Gasteiger partial charge in [0.15, 0.2) is 0 Å². The molecule has 0 amide bonds. The lowest BCUT2D eigenvalue weighted by Crippen LogP contribution is -2.43. The molecule has 110 valence electrons. The van der Waals surface area contributed by atoms with Gasteiger partial charge in [0.1, 0.15) is 0 Å². The Kier molecular flexibility index (Phi) is 3.76. The average molecular weight is 283 g/mol. The summed E-state index contributed by atoms with van der Waals surface area (Å²) in [6.07, 6.45) is 0.555. The zero-order chi connectivity index (χ0) is 14.2. The lowest BCUT2D eigenvalue weighted by atomic mass is 9.88. The average Bonchev–Trinajstić information content (AvgIpc) is 2.85. The van der Waals surface area contributed by atoms with Crippen molar-refractivity contribution < 1.29 is 13.2 Å². The first-order valence-electron chi connectivity index (χ1n) is 7.43. The second-order valence-electron chi connectivity index (χ2n) is 6.07. The standard InChI is InChI=1S/C16H20F3N/c17-16(18,19)14-6-7-20-15(10-14)9-11-4-5-12-2-1-3-13(12)8-11/h4-5,8,14-15,20H,1-3,6-7,9-10H2. The van der Waals surface area contributed by atoms with E-state index >= 15 is 0 Å². The van der Waals surface area contributed by atoms with Crippen molar-refractivity contribution in [2.45, 2.75) is 50.7 Å². The van der Waals surface area contributed by atoms with Crippen molar-refractivity contribution in [2.24, 2.45) is 5.92 Å². The van der Waals surface area contributed by atoms with E-state index in [0.29, 0.717) is 13.0 Å². The fourth-order valence-electron chi connectivity index (χ4n) is 3.50. The van der Waals surface area contributed by atoms with Crippen LogP contribution in [0.1, 0.15) is 36.0 Å². The van der Waals surface area contributed by atoms with E-state index in [1.165, 1.54) is 23.1 Å². The number of benzene rings is 1. The number of aryl methyl sites for hydroxylation is 2. The Bertz CT molecular complexity index is 481. The van der Waals surface area contributed by atoms with Crippen LogP contribution in [0.3, 0.4) is 0 Å². The largest absolute Gasteiger partial charge is 0.391 e. The van der Waals surface area contributed by atoms with E-state index < -0.39 is 12.1 Å². The minimum absolute atomic E-state index is 0.0465. The highest BCUT2D eigenvalue weighted by Crippen LogP contribution is 2.34. The predicted octanol–water partition coefficient (Wildman–Crippen LogP) is 3.65. The highest BCUT2D eigenvalue weighted by molar-refractivity contribution is 5.35. The minimum atomic E-state index is -4.04. The van der Waals surface area contributed by atoms with Crippen molar-refractivity contribution in [1.29, 1.82) is 0 Å². The third-order valence-electron chi connectivity index (χ3n) is 4.60. The fourth-order valence-corrected chi connectivity index (χ4v) is 3.50. The number of alkyl halides is 3. The Morgan fingerprint density at radius 3 is 2.75 bits per heavy atom. The number of hydrogen-bond acceptors (Lipinski definition) is 1. The quantitative estimate of drug-likeness (QED) is 0.873. The van der Waals surface area contributed by atoms with Gasteiger partial charge in [-0.1, -0.05) is 18.2 Å². The molecule has 2 aliphatic rings. The molecule has 0 saturated carbocycles. The van der Waals surface area contributed by atoms with Crippen molar-refractivity contribution in [3.63, 3.8) is 0 Å². The molecular weight excluding hydrogens is 263 g/mol. The molecule has 0 aromatic heterocycles. The van der Waals surface area contributed by atoms with Crippen molar-refractivity contribution in [2.75, 3.05) is 6.54 Å². The molecule has 1 fully saturated rings. The van der Waals surface area contributed by atoms with Gasteiger partial charge < -0.3 is 5.32 Å². The molecule has 3 rings (SSSR count). The molecule has 1 aromatic carbocycles. The summed E-state index contributed by atoms with van der Waals surface area (Å²) >= 11 is 0. The molecule has 1 nitrogen and oxygen atoms in total. The molecule has 1 heterocycles. The van der Waals surface area contributed by atoms with Crippen molar-refractivity contribution in [3.05, 3.63) is 34.9 Å². The van der Waals surface area contributed by atoms with Gasteiger partial charge in [-0.15, -0.1) is 0 Å². The van der Waals surface area contributed by atoms with Crippen molar-refractivity contribution >= 4 is 0 Å². The maximum absolute atomic E-state index is 12.8. The van der Waals surface area contributed by atoms with Crippen LogP contribution in [-0.4, -0.2) is 18.8 Å². The number of piperidine rings is 1. The fraction of sp³-hybridized carbons (Fsp3) is 0.625. The molecule has 0 spiro atoms. The lowest BCUT2D eigenvalue weighted by molar-refractivity contribution is -0.183. The highest BCUT2D eigenvalue weighted by atomic mass is 19.4. The number of nitrogens with one attached hydrogen (secondary N) is 1. The zero-order valence-corrected chi connectivity index (χ0v) is 11.5. The molecule has 0 radical (unpaired) electrons. The van der Waals surface area contributed by atoms with Crippen LogP contribution in [0.25, 0.3) is 0 Å². The van der Waals surface area contributed by atoms with Crippen LogP contribution in [-0.2, 0) is 19.3 Å². The molecule has 0 bridgehead atoms. The van der Waals surface area contributed by atoms with Gasteiger partial charge in [0, 0.05) is 6.04 Å². The number of rotatable bonds is 2. The van der Waals surface area contributed by atoms with Crippen LogP contribution < -0.4 is 5.32 Å². The van der Waals surface area contributed by atoms with E-state index in [1.807, 2.05) is 0 Å². The van der Waals surface area contributed by atoms with Gasteiger partial charge in [-0.2, -0.15) is 13.2 Å². The number of fused-ring (bicyclic) bond motifs is 1. The Hall–Kier alpha value is -1.03. The molecule has 20 heavy (non-hydrogen) atoms. The Morgan fingerprint density at radius 1 is 1.15 bits per heavy atom. The van der Waals surface area contributed by atoms with Crippen LogP contribution in [0, 0.1) is 5.92 Å². The summed E-state index contributed by atoms with van der Waals surface area (Å²) in [4.78, 5) is 0. The Morgan fingerprint density at radius 2 is 1.95 bits per heavy atom. The van der Waals surface area contributed by atoms with Gasteiger partial charge in [0.2, 0.25) is 0 Å². The zero-order valence-electron chi connectivity index (χ0n) is 11.5. The number of hydrogen-bond donors (Lipinski definition) is 1. The van der Waals surface area contributed by atoms with Crippen LogP contribution in [0.15, 0.2) is 18.2 Å². The van der Waals surface area contributed by atoms with E-state index in [4.69, 9.17) is 0 Å². The first kappa shape index (κ1) is 13.9. The van der Waals surface area contributed by atoms with Crippen LogP contribution >= 0.6 is 0 Å². The summed E-state index contributed by atoms with van der Waals surface area (Å²) < 4.78 is 38.4. The molecule has 1 N–H and O–H groups in total. The normalized spacial score (nSPS) is 26.6.